The van der Waals surface area contributed by atoms with Gasteiger partial charge in [-0.2, -0.15) is 0 Å². The van der Waals surface area contributed by atoms with Crippen molar-refractivity contribution in [3.8, 4) is 5.75 Å². The maximum Gasteiger partial charge on any atom is 0.162 e. The van der Waals surface area contributed by atoms with Crippen molar-refractivity contribution in [1.82, 2.24) is 9.80 Å². The molecule has 2 aliphatic heterocycles. The summed E-state index contributed by atoms with van der Waals surface area (Å²) >= 11 is 6.13. The molecule has 7 heteroatoms. The molecule has 0 saturated carbocycles. The lowest BCUT2D eigenvalue weighted by Gasteiger charge is -2.32. The minimum atomic E-state index is 0. The standard InChI is InChI=1S/C31H35ClN2O2.2ClH/c32-29-8-4-7-26(19-29)22-33-15-13-24(14-16-33)9-11-30(35)27-10-12-31-28(20-27)23-34(17-18-36-31)21-25-5-2-1-3-6-25;;/h1-8,10,12,19-20,24H,9,11,13-18,21-23H2;2*1H. The van der Waals surface area contributed by atoms with E-state index in [1.165, 1.54) is 11.1 Å². The van der Waals surface area contributed by atoms with Crippen molar-refractivity contribution in [2.24, 2.45) is 5.92 Å². The molecule has 3 aromatic carbocycles. The monoisotopic (exact) mass is 574 g/mol. The van der Waals surface area contributed by atoms with Crippen molar-refractivity contribution in [1.29, 1.82) is 0 Å². The highest BCUT2D eigenvalue weighted by Gasteiger charge is 2.22. The summed E-state index contributed by atoms with van der Waals surface area (Å²) in [5.41, 5.74) is 4.50. The van der Waals surface area contributed by atoms with Crippen molar-refractivity contribution in [3.05, 3.63) is 100 Å². The van der Waals surface area contributed by atoms with E-state index in [0.717, 1.165) is 80.4 Å². The quantitative estimate of drug-likeness (QED) is 0.261. The second kappa shape index (κ2) is 14.9. The molecule has 0 atom stereocenters. The third kappa shape index (κ3) is 8.46. The Kier molecular flexibility index (Phi) is 11.9. The summed E-state index contributed by atoms with van der Waals surface area (Å²) in [5.74, 6) is 1.78. The van der Waals surface area contributed by atoms with Crippen molar-refractivity contribution < 1.29 is 9.53 Å². The average Bonchev–Trinajstić information content (AvgIpc) is 3.10. The fourth-order valence-electron chi connectivity index (χ4n) is 5.40. The van der Waals surface area contributed by atoms with Gasteiger partial charge in [-0.25, -0.2) is 0 Å². The predicted molar refractivity (Wildman–Crippen MR) is 160 cm³/mol. The molecule has 0 amide bonds. The van der Waals surface area contributed by atoms with E-state index in [2.05, 4.69) is 52.3 Å². The van der Waals surface area contributed by atoms with Gasteiger partial charge in [-0.3, -0.25) is 14.6 Å². The van der Waals surface area contributed by atoms with Gasteiger partial charge >= 0.3 is 0 Å². The van der Waals surface area contributed by atoms with E-state index < -0.39 is 0 Å². The van der Waals surface area contributed by atoms with Gasteiger partial charge in [0, 0.05) is 48.7 Å². The molecule has 0 aliphatic carbocycles. The van der Waals surface area contributed by atoms with Crippen LogP contribution in [0.25, 0.3) is 0 Å². The Morgan fingerprint density at radius 1 is 0.842 bits per heavy atom. The highest BCUT2D eigenvalue weighted by atomic mass is 35.5. The fourth-order valence-corrected chi connectivity index (χ4v) is 5.62. The lowest BCUT2D eigenvalue weighted by molar-refractivity contribution is 0.0961. The van der Waals surface area contributed by atoms with Gasteiger partial charge < -0.3 is 4.74 Å². The summed E-state index contributed by atoms with van der Waals surface area (Å²) in [5, 5.41) is 0.800. The summed E-state index contributed by atoms with van der Waals surface area (Å²) in [6.45, 7) is 6.35. The van der Waals surface area contributed by atoms with Crippen LogP contribution in [0.1, 0.15) is 52.7 Å². The first kappa shape index (κ1) is 30.5. The number of hydrogen-bond donors (Lipinski definition) is 0. The van der Waals surface area contributed by atoms with E-state index in [1.807, 2.05) is 30.3 Å². The van der Waals surface area contributed by atoms with Crippen LogP contribution in [0.15, 0.2) is 72.8 Å². The summed E-state index contributed by atoms with van der Waals surface area (Å²) in [7, 11) is 0. The smallest absolute Gasteiger partial charge is 0.162 e. The summed E-state index contributed by atoms with van der Waals surface area (Å²) in [6, 6.07) is 24.7. The van der Waals surface area contributed by atoms with Crippen LogP contribution in [-0.4, -0.2) is 41.8 Å². The van der Waals surface area contributed by atoms with Crippen LogP contribution in [0.3, 0.4) is 0 Å². The van der Waals surface area contributed by atoms with Gasteiger partial charge in [-0.15, -0.1) is 24.8 Å². The van der Waals surface area contributed by atoms with E-state index in [-0.39, 0.29) is 30.6 Å². The third-order valence-electron chi connectivity index (χ3n) is 7.47. The largest absolute Gasteiger partial charge is 0.492 e. The molecular weight excluding hydrogens is 539 g/mol. The Labute approximate surface area is 244 Å². The number of piperidine rings is 1. The Bertz CT molecular complexity index is 1170. The summed E-state index contributed by atoms with van der Waals surface area (Å²) in [6.07, 6.45) is 3.89. The molecule has 204 valence electrons. The van der Waals surface area contributed by atoms with E-state index in [4.69, 9.17) is 16.3 Å². The molecule has 2 heterocycles. The molecule has 0 aromatic heterocycles. The lowest BCUT2D eigenvalue weighted by atomic mass is 9.90. The molecule has 0 radical (unpaired) electrons. The van der Waals surface area contributed by atoms with Gasteiger partial charge in [0.05, 0.1) is 0 Å². The summed E-state index contributed by atoms with van der Waals surface area (Å²) in [4.78, 5) is 18.0. The Morgan fingerprint density at radius 3 is 2.34 bits per heavy atom. The van der Waals surface area contributed by atoms with Crippen molar-refractivity contribution >= 4 is 42.2 Å². The Balaban J connectivity index is 0.00000200. The molecule has 1 fully saturated rings. The maximum atomic E-state index is 13.1. The molecule has 0 spiro atoms. The number of halogens is 3. The van der Waals surface area contributed by atoms with Crippen LogP contribution >= 0.6 is 36.4 Å². The predicted octanol–water partition coefficient (Wildman–Crippen LogP) is 7.45. The van der Waals surface area contributed by atoms with Gasteiger partial charge in [-0.1, -0.05) is 54.1 Å². The van der Waals surface area contributed by atoms with E-state index in [1.54, 1.807) is 0 Å². The molecular formula is C31H37Cl3N2O2. The lowest BCUT2D eigenvalue weighted by Crippen LogP contribution is -2.33. The molecule has 3 aromatic rings. The zero-order valence-electron chi connectivity index (χ0n) is 21.7. The fraction of sp³-hybridized carbons (Fsp3) is 0.387. The van der Waals surface area contributed by atoms with Gasteiger partial charge in [-0.05, 0) is 79.7 Å². The topological polar surface area (TPSA) is 32.8 Å². The van der Waals surface area contributed by atoms with Crippen LogP contribution in [0.5, 0.6) is 5.75 Å². The van der Waals surface area contributed by atoms with Crippen molar-refractivity contribution in [2.75, 3.05) is 26.2 Å². The van der Waals surface area contributed by atoms with Crippen LogP contribution < -0.4 is 4.74 Å². The highest BCUT2D eigenvalue weighted by molar-refractivity contribution is 6.30. The number of nitrogens with zero attached hydrogens (tertiary/aromatic N) is 2. The number of carbonyl (C=O) groups is 1. The third-order valence-corrected chi connectivity index (χ3v) is 7.71. The van der Waals surface area contributed by atoms with E-state index >= 15 is 0 Å². The second-order valence-corrected chi connectivity index (χ2v) is 10.6. The first-order chi connectivity index (χ1) is 17.6. The van der Waals surface area contributed by atoms with Gasteiger partial charge in [0.2, 0.25) is 0 Å². The normalized spacial score (nSPS) is 16.3. The summed E-state index contributed by atoms with van der Waals surface area (Å²) < 4.78 is 6.00. The molecule has 5 rings (SSSR count). The zero-order valence-corrected chi connectivity index (χ0v) is 24.1. The van der Waals surface area contributed by atoms with Gasteiger partial charge in [0.1, 0.15) is 12.4 Å². The second-order valence-electron chi connectivity index (χ2n) is 10.2. The number of carbonyl (C=O) groups excluding carboxylic acids is 1. The van der Waals surface area contributed by atoms with E-state index in [9.17, 15) is 4.79 Å². The van der Waals surface area contributed by atoms with Crippen LogP contribution in [0.2, 0.25) is 5.02 Å². The number of rotatable bonds is 8. The molecule has 0 bridgehead atoms. The SMILES string of the molecule is Cl.Cl.O=C(CCC1CCN(Cc2cccc(Cl)c2)CC1)c1ccc2c(c1)CN(Cc1ccccc1)CCO2. The number of benzene rings is 3. The van der Waals surface area contributed by atoms with Crippen LogP contribution in [0, 0.1) is 5.92 Å². The van der Waals surface area contributed by atoms with Gasteiger partial charge in [0.15, 0.2) is 5.78 Å². The first-order valence-electron chi connectivity index (χ1n) is 13.1. The van der Waals surface area contributed by atoms with E-state index in [0.29, 0.717) is 18.9 Å². The molecule has 1 saturated heterocycles. The Morgan fingerprint density at radius 2 is 1.58 bits per heavy atom. The average molecular weight is 576 g/mol. The number of fused-ring (bicyclic) bond motifs is 1. The minimum absolute atomic E-state index is 0. The molecule has 2 aliphatic rings. The number of ketones is 1. The maximum absolute atomic E-state index is 13.1. The number of ether oxygens (including phenoxy) is 1. The number of likely N-dealkylation sites (tertiary alicyclic amines) is 1. The molecule has 0 unspecified atom stereocenters. The molecule has 4 nitrogen and oxygen atoms in total. The van der Waals surface area contributed by atoms with Gasteiger partial charge in [0.25, 0.3) is 0 Å². The zero-order chi connectivity index (χ0) is 24.7. The van der Waals surface area contributed by atoms with Crippen molar-refractivity contribution in [2.45, 2.75) is 45.3 Å². The molecule has 38 heavy (non-hydrogen) atoms. The first-order valence-corrected chi connectivity index (χ1v) is 13.5. The highest BCUT2D eigenvalue weighted by Crippen LogP contribution is 2.28. The minimum Gasteiger partial charge on any atom is -0.492 e. The Hall–Kier alpha value is -2.08. The number of hydrogen-bond acceptors (Lipinski definition) is 4. The van der Waals surface area contributed by atoms with Crippen LogP contribution in [0.4, 0.5) is 0 Å². The molecule has 0 N–H and O–H groups in total. The van der Waals surface area contributed by atoms with Crippen molar-refractivity contribution in [3.63, 3.8) is 0 Å². The number of Topliss-reactive ketones (excluding diaryl/α,β-unsaturated/α-hetero) is 1. The van der Waals surface area contributed by atoms with Crippen LogP contribution in [-0.2, 0) is 19.6 Å².